The number of ether oxygens (including phenoxy) is 2. The number of methoxy groups -OCH3 is 1. The van der Waals surface area contributed by atoms with Crippen molar-refractivity contribution in [2.45, 2.75) is 39.8 Å². The van der Waals surface area contributed by atoms with Gasteiger partial charge < -0.3 is 19.3 Å². The molecule has 0 bridgehead atoms. The number of aryl methyl sites for hydroxylation is 2. The van der Waals surface area contributed by atoms with E-state index < -0.39 is 6.10 Å². The third-order valence-corrected chi connectivity index (χ3v) is 4.35. The van der Waals surface area contributed by atoms with E-state index in [0.717, 1.165) is 16.7 Å². The van der Waals surface area contributed by atoms with Crippen molar-refractivity contribution in [1.29, 1.82) is 0 Å². The molecule has 3 rings (SSSR count). The maximum atomic E-state index is 12.5. The monoisotopic (exact) mass is 395 g/mol. The molecule has 0 aliphatic rings. The summed E-state index contributed by atoms with van der Waals surface area (Å²) in [4.78, 5) is 16.9. The summed E-state index contributed by atoms with van der Waals surface area (Å²) in [5, 5.41) is 6.77. The van der Waals surface area contributed by atoms with Gasteiger partial charge in [0, 0.05) is 5.56 Å². The summed E-state index contributed by atoms with van der Waals surface area (Å²) in [5.74, 6) is 1.91. The van der Waals surface area contributed by atoms with Crippen LogP contribution in [0.3, 0.4) is 0 Å². The van der Waals surface area contributed by atoms with E-state index in [2.05, 4.69) is 21.5 Å². The highest BCUT2D eigenvalue weighted by Crippen LogP contribution is 2.21. The molecule has 0 aliphatic heterocycles. The van der Waals surface area contributed by atoms with E-state index in [1.165, 1.54) is 0 Å². The number of nitrogens with one attached hydrogen (secondary N) is 1. The summed E-state index contributed by atoms with van der Waals surface area (Å²) >= 11 is 0. The first-order valence-electron chi connectivity index (χ1n) is 9.48. The molecule has 1 N–H and O–H groups in total. The van der Waals surface area contributed by atoms with Crippen molar-refractivity contribution in [2.75, 3.05) is 7.11 Å². The minimum atomic E-state index is -0.600. The zero-order valence-corrected chi connectivity index (χ0v) is 17.1. The number of carbonyl (C=O) groups excluding carboxylic acids is 1. The van der Waals surface area contributed by atoms with E-state index in [9.17, 15) is 4.79 Å². The Hall–Kier alpha value is -3.35. The predicted molar refractivity (Wildman–Crippen MR) is 109 cm³/mol. The summed E-state index contributed by atoms with van der Waals surface area (Å²) in [6, 6.07) is 13.3. The second-order valence-corrected chi connectivity index (χ2v) is 6.80. The van der Waals surface area contributed by atoms with E-state index in [-0.39, 0.29) is 12.5 Å². The van der Waals surface area contributed by atoms with Crippen molar-refractivity contribution in [3.05, 3.63) is 59.5 Å². The fourth-order valence-corrected chi connectivity index (χ4v) is 2.97. The molecular formula is C22H25N3O4. The average Bonchev–Trinajstić information content (AvgIpc) is 3.18. The Morgan fingerprint density at radius 2 is 1.90 bits per heavy atom. The van der Waals surface area contributed by atoms with Crippen LogP contribution in [0.25, 0.3) is 11.4 Å². The molecular weight excluding hydrogens is 370 g/mol. The van der Waals surface area contributed by atoms with Crippen LogP contribution < -0.4 is 14.8 Å². The topological polar surface area (TPSA) is 86.5 Å². The molecule has 7 nitrogen and oxygen atoms in total. The molecule has 1 amide bonds. The summed E-state index contributed by atoms with van der Waals surface area (Å²) in [5.41, 5.74) is 2.95. The van der Waals surface area contributed by atoms with Crippen molar-refractivity contribution in [2.24, 2.45) is 0 Å². The molecule has 0 aliphatic carbocycles. The zero-order chi connectivity index (χ0) is 20.8. The molecule has 0 saturated carbocycles. The molecule has 1 atom stereocenters. The zero-order valence-electron chi connectivity index (χ0n) is 17.1. The van der Waals surface area contributed by atoms with Crippen LogP contribution in [0.15, 0.2) is 47.0 Å². The molecule has 0 spiro atoms. The summed E-state index contributed by atoms with van der Waals surface area (Å²) in [7, 11) is 1.60. The van der Waals surface area contributed by atoms with Crippen molar-refractivity contribution in [3.8, 4) is 22.9 Å². The first-order chi connectivity index (χ1) is 14.0. The minimum Gasteiger partial charge on any atom is -0.497 e. The molecule has 152 valence electrons. The van der Waals surface area contributed by atoms with E-state index in [1.54, 1.807) is 7.11 Å². The first-order valence-corrected chi connectivity index (χ1v) is 9.48. The number of carbonyl (C=O) groups is 1. The maximum Gasteiger partial charge on any atom is 0.261 e. The van der Waals surface area contributed by atoms with Crippen molar-refractivity contribution < 1.29 is 18.8 Å². The van der Waals surface area contributed by atoms with Crippen molar-refractivity contribution >= 4 is 5.91 Å². The lowest BCUT2D eigenvalue weighted by atomic mass is 10.1. The second-order valence-electron chi connectivity index (χ2n) is 6.80. The van der Waals surface area contributed by atoms with Gasteiger partial charge in [0.15, 0.2) is 6.10 Å². The van der Waals surface area contributed by atoms with Gasteiger partial charge >= 0.3 is 0 Å². The molecule has 1 unspecified atom stereocenters. The number of benzene rings is 2. The lowest BCUT2D eigenvalue weighted by Gasteiger charge is -2.17. The lowest BCUT2D eigenvalue weighted by Crippen LogP contribution is -2.37. The highest BCUT2D eigenvalue weighted by atomic mass is 16.5. The molecule has 1 aromatic heterocycles. The van der Waals surface area contributed by atoms with Gasteiger partial charge in [0.1, 0.15) is 11.5 Å². The normalized spacial score (nSPS) is 11.7. The lowest BCUT2D eigenvalue weighted by molar-refractivity contribution is -0.128. The highest BCUT2D eigenvalue weighted by molar-refractivity contribution is 5.81. The molecule has 0 radical (unpaired) electrons. The highest BCUT2D eigenvalue weighted by Gasteiger charge is 2.19. The van der Waals surface area contributed by atoms with E-state index >= 15 is 0 Å². The Kier molecular flexibility index (Phi) is 6.49. The SMILES string of the molecule is CCC(Oc1cc(C)cc(C)c1)C(=O)NCc1nc(-c2cccc(OC)c2)no1. The van der Waals surface area contributed by atoms with Crippen molar-refractivity contribution in [1.82, 2.24) is 15.5 Å². The number of rotatable bonds is 8. The molecule has 29 heavy (non-hydrogen) atoms. The first kappa shape index (κ1) is 20.4. The smallest absolute Gasteiger partial charge is 0.261 e. The number of hydrogen-bond donors (Lipinski definition) is 1. The fourth-order valence-electron chi connectivity index (χ4n) is 2.97. The van der Waals surface area contributed by atoms with Crippen LogP contribution in [0.1, 0.15) is 30.4 Å². The van der Waals surface area contributed by atoms with Gasteiger partial charge in [-0.1, -0.05) is 30.3 Å². The molecule has 2 aromatic carbocycles. The minimum absolute atomic E-state index is 0.127. The van der Waals surface area contributed by atoms with Gasteiger partial charge in [-0.05, 0) is 55.7 Å². The third-order valence-electron chi connectivity index (χ3n) is 4.35. The summed E-state index contributed by atoms with van der Waals surface area (Å²) < 4.78 is 16.3. The number of hydrogen-bond acceptors (Lipinski definition) is 6. The van der Waals surface area contributed by atoms with Gasteiger partial charge in [-0.2, -0.15) is 4.98 Å². The Balaban J connectivity index is 1.61. The predicted octanol–water partition coefficient (Wildman–Crippen LogP) is 3.84. The second kappa shape index (κ2) is 9.23. The fraction of sp³-hybridized carbons (Fsp3) is 0.318. The van der Waals surface area contributed by atoms with E-state index in [1.807, 2.05) is 57.2 Å². The standard InChI is InChI=1S/C22H25N3O4/c1-5-19(28-18-10-14(2)9-15(3)11-18)22(26)23-13-20-24-21(25-29-20)16-7-6-8-17(12-16)27-4/h6-12,19H,5,13H2,1-4H3,(H,23,26). The van der Waals surface area contributed by atoms with Crippen LogP contribution in [0.5, 0.6) is 11.5 Å². The molecule has 0 fully saturated rings. The quantitative estimate of drug-likeness (QED) is 0.624. The van der Waals surface area contributed by atoms with Crippen LogP contribution in [0.4, 0.5) is 0 Å². The maximum absolute atomic E-state index is 12.5. The number of amides is 1. The van der Waals surface area contributed by atoms with Crippen LogP contribution in [0, 0.1) is 13.8 Å². The van der Waals surface area contributed by atoms with Gasteiger partial charge in [0.2, 0.25) is 11.7 Å². The summed E-state index contributed by atoms with van der Waals surface area (Å²) in [6.07, 6.45) is -0.0606. The van der Waals surface area contributed by atoms with Gasteiger partial charge in [-0.15, -0.1) is 0 Å². The Morgan fingerprint density at radius 3 is 2.59 bits per heavy atom. The van der Waals surface area contributed by atoms with Gasteiger partial charge in [-0.25, -0.2) is 0 Å². The molecule has 0 saturated heterocycles. The average molecular weight is 395 g/mol. The van der Waals surface area contributed by atoms with Crippen LogP contribution >= 0.6 is 0 Å². The molecule has 7 heteroatoms. The molecule has 1 heterocycles. The Labute approximate surface area is 170 Å². The molecule has 3 aromatic rings. The van der Waals surface area contributed by atoms with Crippen LogP contribution in [0.2, 0.25) is 0 Å². The van der Waals surface area contributed by atoms with Crippen molar-refractivity contribution in [3.63, 3.8) is 0 Å². The number of aromatic nitrogens is 2. The van der Waals surface area contributed by atoms with E-state index in [4.69, 9.17) is 14.0 Å². The van der Waals surface area contributed by atoms with Crippen LogP contribution in [-0.4, -0.2) is 29.3 Å². The third kappa shape index (κ3) is 5.34. The Morgan fingerprint density at radius 1 is 1.14 bits per heavy atom. The van der Waals surface area contributed by atoms with Gasteiger partial charge in [0.25, 0.3) is 5.91 Å². The number of nitrogens with zero attached hydrogens (tertiary/aromatic N) is 2. The van der Waals surface area contributed by atoms with E-state index in [0.29, 0.717) is 29.6 Å². The summed E-state index contributed by atoms with van der Waals surface area (Å²) in [6.45, 7) is 6.02. The Bertz CT molecular complexity index is 963. The van der Waals surface area contributed by atoms with Gasteiger partial charge in [-0.3, -0.25) is 4.79 Å². The largest absolute Gasteiger partial charge is 0.497 e. The van der Waals surface area contributed by atoms with Gasteiger partial charge in [0.05, 0.1) is 13.7 Å². The van der Waals surface area contributed by atoms with Crippen LogP contribution in [-0.2, 0) is 11.3 Å².